The Bertz CT molecular complexity index is 1760. The molecule has 4 rings (SSSR count). The van der Waals surface area contributed by atoms with E-state index in [-0.39, 0.29) is 55.6 Å². The van der Waals surface area contributed by atoms with Gasteiger partial charge in [-0.3, -0.25) is 0 Å². The van der Waals surface area contributed by atoms with Crippen LogP contribution in [0.5, 0.6) is 0 Å². The molecule has 0 radical (unpaired) electrons. The Morgan fingerprint density at radius 2 is 0.986 bits per heavy atom. The van der Waals surface area contributed by atoms with E-state index in [2.05, 4.69) is 6.08 Å². The van der Waals surface area contributed by atoms with Crippen LogP contribution in [0.15, 0.2) is 48.6 Å². The number of rotatable bonds is 31. The van der Waals surface area contributed by atoms with Crippen molar-refractivity contribution in [2.75, 3.05) is 27.8 Å². The zero-order valence-corrected chi connectivity index (χ0v) is 46.1. The van der Waals surface area contributed by atoms with Gasteiger partial charge >= 0.3 is 11.9 Å². The van der Waals surface area contributed by atoms with Crippen LogP contribution < -0.4 is 0 Å². The van der Waals surface area contributed by atoms with Gasteiger partial charge in [0.05, 0.1) is 48.8 Å². The van der Waals surface area contributed by atoms with Crippen LogP contribution in [0, 0.1) is 23.7 Å². The quantitative estimate of drug-likeness (QED) is 0.0290. The van der Waals surface area contributed by atoms with E-state index in [9.17, 15) is 30.0 Å². The SMILES string of the molecule is COCO[C@@H](CC/C=C/C=C\CC[C@H](C)OC(=O)C1OC(C)(C)O[C@]12O[C@H]([C@H](C)C(O)C[C@H](CC/C=C/C=C\CC[C@H](C)O)OCOC)CC[C@H]2C)CC(O)[C@@H](C)[C@@H]1CC[C@@H](C)[C@]2(O1)OC(C)(C)OC2C(=O)O. The van der Waals surface area contributed by atoms with E-state index < -0.39 is 77.8 Å². The Balaban J connectivity index is 1.25. The molecule has 2 spiro atoms. The average molecular weight is 1040 g/mol. The molecule has 0 aliphatic carbocycles. The standard InChI is InChI=1S/C56H94O17/c1-37-29-31-47(68-55(37)49(51(60)61)70-53(7,8)72-55)41(5)45(58)33-43(65-35-63-11)28-24-20-16-14-18-22-26-40(4)67-52(62)50-56(73-54(9,10)71-50)38(2)30-32-48(69-56)42(6)46(59)34-44(66-36-64-12)27-23-19-15-13-17-21-25-39(3)57/h13-20,37-50,57-59H,21-36H2,1-12H3,(H,60,61)/b17-13-,18-14-,19-15+,20-16+/t37-,38-,39+,40+,41-,42-,43+,44+,45?,46?,47+,48+,49?,50?,55+,56+/m1/s1. The van der Waals surface area contributed by atoms with Crippen molar-refractivity contribution in [1.82, 2.24) is 0 Å². The Morgan fingerprint density at radius 3 is 1.40 bits per heavy atom. The van der Waals surface area contributed by atoms with Gasteiger partial charge in [-0.05, 0) is 131 Å². The minimum atomic E-state index is -1.45. The molecule has 420 valence electrons. The van der Waals surface area contributed by atoms with Gasteiger partial charge in [0, 0.05) is 37.9 Å². The van der Waals surface area contributed by atoms with Crippen molar-refractivity contribution in [1.29, 1.82) is 0 Å². The molecule has 4 aliphatic rings. The van der Waals surface area contributed by atoms with Crippen LogP contribution in [-0.2, 0) is 61.7 Å². The second-order valence-corrected chi connectivity index (χ2v) is 21.9. The second kappa shape index (κ2) is 29.8. The topological polar surface area (TPSA) is 217 Å². The van der Waals surface area contributed by atoms with Gasteiger partial charge < -0.3 is 72.5 Å². The monoisotopic (exact) mass is 1040 g/mol. The number of carboxylic acid groups (broad SMARTS) is 1. The number of aliphatic hydroxyl groups is 3. The van der Waals surface area contributed by atoms with Gasteiger partial charge in [-0.2, -0.15) is 0 Å². The lowest BCUT2D eigenvalue weighted by atomic mass is 9.81. The highest BCUT2D eigenvalue weighted by Gasteiger charge is 2.65. The van der Waals surface area contributed by atoms with E-state index in [1.165, 1.54) is 0 Å². The maximum atomic E-state index is 14.0. The van der Waals surface area contributed by atoms with Gasteiger partial charge in [0.15, 0.2) is 11.6 Å². The van der Waals surface area contributed by atoms with Crippen molar-refractivity contribution in [3.63, 3.8) is 0 Å². The lowest BCUT2D eigenvalue weighted by Gasteiger charge is -2.46. The van der Waals surface area contributed by atoms with Gasteiger partial charge in [-0.25, -0.2) is 9.59 Å². The van der Waals surface area contributed by atoms with Crippen molar-refractivity contribution in [2.24, 2.45) is 23.7 Å². The Hall–Kier alpha value is -2.62. The predicted molar refractivity (Wildman–Crippen MR) is 274 cm³/mol. The molecule has 0 aromatic rings. The number of esters is 1. The molecule has 0 saturated carbocycles. The summed E-state index contributed by atoms with van der Waals surface area (Å²) < 4.78 is 66.3. The number of hydrogen-bond acceptors (Lipinski definition) is 16. The first-order chi connectivity index (χ1) is 34.5. The largest absolute Gasteiger partial charge is 0.479 e. The highest BCUT2D eigenvalue weighted by molar-refractivity contribution is 5.77. The van der Waals surface area contributed by atoms with E-state index in [1.54, 1.807) is 48.8 Å². The number of carbonyl (C=O) groups excluding carboxylic acids is 1. The molecule has 4 saturated heterocycles. The van der Waals surface area contributed by atoms with E-state index in [0.717, 1.165) is 19.3 Å². The molecule has 4 aliphatic heterocycles. The first-order valence-corrected chi connectivity index (χ1v) is 26.9. The molecule has 16 atom stereocenters. The fraction of sp³-hybridized carbons (Fsp3) is 0.821. The Labute approximate surface area is 436 Å². The van der Waals surface area contributed by atoms with E-state index in [1.807, 2.05) is 77.2 Å². The molecule has 0 aromatic heterocycles. The number of hydrogen-bond donors (Lipinski definition) is 4. The summed E-state index contributed by atoms with van der Waals surface area (Å²) in [5.41, 5.74) is 0. The molecule has 17 nitrogen and oxygen atoms in total. The zero-order chi connectivity index (χ0) is 54.0. The lowest BCUT2D eigenvalue weighted by molar-refractivity contribution is -0.321. The van der Waals surface area contributed by atoms with Crippen LogP contribution >= 0.6 is 0 Å². The molecule has 0 amide bonds. The van der Waals surface area contributed by atoms with Crippen LogP contribution in [0.1, 0.15) is 159 Å². The predicted octanol–water partition coefficient (Wildman–Crippen LogP) is 8.81. The third kappa shape index (κ3) is 18.8. The van der Waals surface area contributed by atoms with Gasteiger partial charge in [-0.1, -0.05) is 76.3 Å². The molecule has 4 fully saturated rings. The number of carboxylic acids is 1. The maximum Gasteiger partial charge on any atom is 0.341 e. The third-order valence-corrected chi connectivity index (χ3v) is 14.7. The van der Waals surface area contributed by atoms with E-state index in [4.69, 9.17) is 52.1 Å². The normalized spacial score (nSPS) is 31.7. The molecule has 0 aromatic carbocycles. The average Bonchev–Trinajstić information content (AvgIpc) is 3.77. The molecule has 0 bridgehead atoms. The first kappa shape index (κ1) is 62.9. The number of ether oxygens (including phenoxy) is 11. The molecule has 17 heteroatoms. The first-order valence-electron chi connectivity index (χ1n) is 26.9. The van der Waals surface area contributed by atoms with Gasteiger partial charge in [0.1, 0.15) is 13.6 Å². The minimum Gasteiger partial charge on any atom is -0.479 e. The number of aliphatic carboxylic acids is 1. The molecule has 4 N–H and O–H groups in total. The highest BCUT2D eigenvalue weighted by atomic mass is 16.9. The van der Waals surface area contributed by atoms with E-state index >= 15 is 0 Å². The molecule has 73 heavy (non-hydrogen) atoms. The zero-order valence-electron chi connectivity index (χ0n) is 46.1. The number of aliphatic hydroxyl groups excluding tert-OH is 3. The van der Waals surface area contributed by atoms with Crippen LogP contribution in [0.2, 0.25) is 0 Å². The summed E-state index contributed by atoms with van der Waals surface area (Å²) in [7, 11) is 3.12. The number of allylic oxidation sites excluding steroid dienone is 8. The number of carbonyl (C=O) groups is 2. The summed E-state index contributed by atoms with van der Waals surface area (Å²) in [5.74, 6) is -7.87. The van der Waals surface area contributed by atoms with Crippen molar-refractivity contribution >= 4 is 11.9 Å². The van der Waals surface area contributed by atoms with Crippen LogP contribution in [0.4, 0.5) is 0 Å². The van der Waals surface area contributed by atoms with Gasteiger partial charge in [-0.15, -0.1) is 0 Å². The maximum absolute atomic E-state index is 14.0. The fourth-order valence-electron chi connectivity index (χ4n) is 10.4. The van der Waals surface area contributed by atoms with Crippen molar-refractivity contribution < 1.29 is 82.1 Å². The van der Waals surface area contributed by atoms with Gasteiger partial charge in [0.25, 0.3) is 0 Å². The smallest absolute Gasteiger partial charge is 0.341 e. The minimum absolute atomic E-state index is 0.0761. The fourth-order valence-corrected chi connectivity index (χ4v) is 10.4. The van der Waals surface area contributed by atoms with Crippen LogP contribution in [-0.4, -0.2) is 144 Å². The summed E-state index contributed by atoms with van der Waals surface area (Å²) >= 11 is 0. The summed E-state index contributed by atoms with van der Waals surface area (Å²) in [6, 6.07) is 0. The molecule has 4 unspecified atom stereocenters. The summed E-state index contributed by atoms with van der Waals surface area (Å²) in [4.78, 5) is 26.2. The summed E-state index contributed by atoms with van der Waals surface area (Å²) in [6.45, 7) is 18.5. The third-order valence-electron chi connectivity index (χ3n) is 14.7. The van der Waals surface area contributed by atoms with Crippen LogP contribution in [0.25, 0.3) is 0 Å². The summed E-state index contributed by atoms with van der Waals surface area (Å²) in [6.07, 6.45) is 18.8. The van der Waals surface area contributed by atoms with Crippen molar-refractivity contribution in [3.05, 3.63) is 48.6 Å². The molecular weight excluding hydrogens is 945 g/mol. The lowest BCUT2D eigenvalue weighted by Crippen LogP contribution is -2.58. The van der Waals surface area contributed by atoms with Gasteiger partial charge in [0.2, 0.25) is 23.8 Å². The van der Waals surface area contributed by atoms with Crippen molar-refractivity contribution in [3.8, 4) is 0 Å². The highest BCUT2D eigenvalue weighted by Crippen LogP contribution is 2.50. The molecule has 4 heterocycles. The Kier molecular flexibility index (Phi) is 25.7. The number of methoxy groups -OCH3 is 2. The van der Waals surface area contributed by atoms with Crippen LogP contribution in [0.3, 0.4) is 0 Å². The van der Waals surface area contributed by atoms with E-state index in [0.29, 0.717) is 70.6 Å². The Morgan fingerprint density at radius 1 is 0.589 bits per heavy atom. The van der Waals surface area contributed by atoms with Crippen molar-refractivity contribution in [2.45, 2.75) is 243 Å². The molecular formula is C56H94O17. The second-order valence-electron chi connectivity index (χ2n) is 21.9. The summed E-state index contributed by atoms with van der Waals surface area (Å²) in [5, 5.41) is 42.5.